The van der Waals surface area contributed by atoms with Gasteiger partial charge >= 0.3 is 5.97 Å². The molecule has 0 saturated heterocycles. The van der Waals surface area contributed by atoms with Crippen LogP contribution < -0.4 is 4.74 Å². The minimum absolute atomic E-state index is 0.230. The van der Waals surface area contributed by atoms with Crippen LogP contribution in [0, 0.1) is 6.92 Å². The fourth-order valence-corrected chi connectivity index (χ4v) is 1.12. The molecule has 0 spiro atoms. The molecule has 15 heavy (non-hydrogen) atoms. The number of methoxy groups -OCH3 is 1. The molecule has 0 fully saturated rings. The molecular formula is C11H14O4. The van der Waals surface area contributed by atoms with Crippen LogP contribution in [0.3, 0.4) is 0 Å². The highest BCUT2D eigenvalue weighted by molar-refractivity contribution is 5.88. The van der Waals surface area contributed by atoms with Gasteiger partial charge in [-0.3, -0.25) is 0 Å². The minimum atomic E-state index is -0.952. The molecule has 1 aromatic rings. The molecular weight excluding hydrogens is 196 g/mol. The van der Waals surface area contributed by atoms with Crippen molar-refractivity contribution in [1.29, 1.82) is 0 Å². The van der Waals surface area contributed by atoms with Gasteiger partial charge in [-0.1, -0.05) is 6.07 Å². The van der Waals surface area contributed by atoms with Crippen molar-refractivity contribution in [2.45, 2.75) is 6.92 Å². The number of carbonyl (C=O) groups is 1. The number of benzene rings is 1. The van der Waals surface area contributed by atoms with Crippen molar-refractivity contribution in [2.75, 3.05) is 20.3 Å². The van der Waals surface area contributed by atoms with E-state index in [1.54, 1.807) is 19.2 Å². The van der Waals surface area contributed by atoms with Gasteiger partial charge in [0.2, 0.25) is 0 Å². The zero-order valence-electron chi connectivity index (χ0n) is 8.82. The van der Waals surface area contributed by atoms with Crippen molar-refractivity contribution in [1.82, 2.24) is 0 Å². The van der Waals surface area contributed by atoms with Crippen LogP contribution in [0.5, 0.6) is 5.75 Å². The van der Waals surface area contributed by atoms with Gasteiger partial charge in [-0.25, -0.2) is 4.79 Å². The van der Waals surface area contributed by atoms with Gasteiger partial charge in [0.25, 0.3) is 0 Å². The van der Waals surface area contributed by atoms with Gasteiger partial charge in [0.05, 0.1) is 12.2 Å². The van der Waals surface area contributed by atoms with E-state index in [1.165, 1.54) is 6.07 Å². The molecule has 0 aliphatic heterocycles. The van der Waals surface area contributed by atoms with Crippen molar-refractivity contribution < 1.29 is 19.4 Å². The lowest BCUT2D eigenvalue weighted by molar-refractivity contribution is 0.0696. The van der Waals surface area contributed by atoms with Crippen LogP contribution in [0.1, 0.15) is 15.9 Å². The molecule has 0 amide bonds. The summed E-state index contributed by atoms with van der Waals surface area (Å²) in [6.07, 6.45) is 0. The fraction of sp³-hybridized carbons (Fsp3) is 0.364. The van der Waals surface area contributed by atoms with Gasteiger partial charge in [-0.2, -0.15) is 0 Å². The second-order valence-electron chi connectivity index (χ2n) is 3.13. The summed E-state index contributed by atoms with van der Waals surface area (Å²) in [5, 5.41) is 8.79. The molecule has 0 heterocycles. The number of hydrogen-bond donors (Lipinski definition) is 1. The molecule has 0 atom stereocenters. The van der Waals surface area contributed by atoms with Crippen molar-refractivity contribution in [3.8, 4) is 5.75 Å². The normalized spacial score (nSPS) is 10.0. The molecule has 0 aromatic heterocycles. The third-order valence-corrected chi connectivity index (χ3v) is 1.98. The topological polar surface area (TPSA) is 55.8 Å². The molecule has 0 radical (unpaired) electrons. The second-order valence-corrected chi connectivity index (χ2v) is 3.13. The summed E-state index contributed by atoms with van der Waals surface area (Å²) in [4.78, 5) is 10.7. The number of rotatable bonds is 5. The molecule has 1 aromatic carbocycles. The second kappa shape index (κ2) is 5.36. The van der Waals surface area contributed by atoms with E-state index in [9.17, 15) is 4.79 Å². The third-order valence-electron chi connectivity index (χ3n) is 1.98. The summed E-state index contributed by atoms with van der Waals surface area (Å²) < 4.78 is 10.2. The zero-order valence-corrected chi connectivity index (χ0v) is 8.82. The Hall–Kier alpha value is -1.55. The largest absolute Gasteiger partial charge is 0.491 e. The maximum atomic E-state index is 10.7. The molecule has 0 aliphatic rings. The lowest BCUT2D eigenvalue weighted by Crippen LogP contribution is -2.06. The Morgan fingerprint density at radius 2 is 2.13 bits per heavy atom. The summed E-state index contributed by atoms with van der Waals surface area (Å²) in [5.74, 6) is -0.362. The highest BCUT2D eigenvalue weighted by Gasteiger charge is 2.06. The maximum absolute atomic E-state index is 10.7. The van der Waals surface area contributed by atoms with E-state index in [1.807, 2.05) is 6.92 Å². The summed E-state index contributed by atoms with van der Waals surface area (Å²) >= 11 is 0. The average Bonchev–Trinajstić information content (AvgIpc) is 2.20. The van der Waals surface area contributed by atoms with Crippen LogP contribution in [-0.4, -0.2) is 31.4 Å². The highest BCUT2D eigenvalue weighted by Crippen LogP contribution is 2.19. The summed E-state index contributed by atoms with van der Waals surface area (Å²) in [6.45, 7) is 2.77. The quantitative estimate of drug-likeness (QED) is 0.752. The van der Waals surface area contributed by atoms with Gasteiger partial charge in [-0.15, -0.1) is 0 Å². The number of aromatic carboxylic acids is 1. The number of carboxylic acids is 1. The zero-order chi connectivity index (χ0) is 11.3. The Morgan fingerprint density at radius 1 is 1.40 bits per heavy atom. The van der Waals surface area contributed by atoms with E-state index >= 15 is 0 Å². The molecule has 0 aliphatic carbocycles. The Kier molecular flexibility index (Phi) is 4.12. The first-order valence-corrected chi connectivity index (χ1v) is 4.61. The van der Waals surface area contributed by atoms with Crippen LogP contribution in [0.15, 0.2) is 18.2 Å². The molecule has 4 nitrogen and oxygen atoms in total. The van der Waals surface area contributed by atoms with E-state index in [4.69, 9.17) is 14.6 Å². The Balaban J connectivity index is 2.76. The number of ether oxygens (including phenoxy) is 2. The van der Waals surface area contributed by atoms with Crippen LogP contribution in [0.2, 0.25) is 0 Å². The van der Waals surface area contributed by atoms with Gasteiger partial charge in [0.1, 0.15) is 12.4 Å². The number of carboxylic acid groups (broad SMARTS) is 1. The van der Waals surface area contributed by atoms with E-state index in [2.05, 4.69) is 0 Å². The summed E-state index contributed by atoms with van der Waals surface area (Å²) in [7, 11) is 1.59. The van der Waals surface area contributed by atoms with Gasteiger partial charge in [-0.05, 0) is 24.6 Å². The summed E-state index contributed by atoms with van der Waals surface area (Å²) in [6, 6.07) is 4.81. The molecule has 0 saturated carbocycles. The Bertz CT molecular complexity index is 346. The predicted octanol–water partition coefficient (Wildman–Crippen LogP) is 1.72. The summed E-state index contributed by atoms with van der Waals surface area (Å²) in [5.41, 5.74) is 1.14. The minimum Gasteiger partial charge on any atom is -0.491 e. The monoisotopic (exact) mass is 210 g/mol. The lowest BCUT2D eigenvalue weighted by atomic mass is 10.1. The first-order valence-electron chi connectivity index (χ1n) is 4.61. The lowest BCUT2D eigenvalue weighted by Gasteiger charge is -2.09. The standard InChI is InChI=1S/C11H14O4/c1-8-3-4-9(11(12)13)7-10(8)15-6-5-14-2/h3-4,7H,5-6H2,1-2H3,(H,12,13). The van der Waals surface area contributed by atoms with Crippen LogP contribution in [-0.2, 0) is 4.74 Å². The third kappa shape index (κ3) is 3.25. The van der Waals surface area contributed by atoms with Gasteiger partial charge < -0.3 is 14.6 Å². The molecule has 82 valence electrons. The maximum Gasteiger partial charge on any atom is 0.335 e. The smallest absolute Gasteiger partial charge is 0.335 e. The molecule has 0 unspecified atom stereocenters. The van der Waals surface area contributed by atoms with E-state index < -0.39 is 5.97 Å². The van der Waals surface area contributed by atoms with Crippen LogP contribution in [0.4, 0.5) is 0 Å². The number of hydrogen-bond acceptors (Lipinski definition) is 3. The average molecular weight is 210 g/mol. The van der Waals surface area contributed by atoms with Crippen molar-refractivity contribution >= 4 is 5.97 Å². The molecule has 4 heteroatoms. The van der Waals surface area contributed by atoms with Crippen LogP contribution >= 0.6 is 0 Å². The molecule has 0 bridgehead atoms. The van der Waals surface area contributed by atoms with E-state index in [0.29, 0.717) is 19.0 Å². The van der Waals surface area contributed by atoms with E-state index in [0.717, 1.165) is 5.56 Å². The first-order chi connectivity index (χ1) is 7.15. The Morgan fingerprint density at radius 3 is 2.73 bits per heavy atom. The fourth-order valence-electron chi connectivity index (χ4n) is 1.12. The van der Waals surface area contributed by atoms with Crippen LogP contribution in [0.25, 0.3) is 0 Å². The van der Waals surface area contributed by atoms with E-state index in [-0.39, 0.29) is 5.56 Å². The Labute approximate surface area is 88.4 Å². The highest BCUT2D eigenvalue weighted by atomic mass is 16.5. The molecule has 1 N–H and O–H groups in total. The SMILES string of the molecule is COCCOc1cc(C(=O)O)ccc1C. The van der Waals surface area contributed by atoms with Crippen molar-refractivity contribution in [2.24, 2.45) is 0 Å². The van der Waals surface area contributed by atoms with Gasteiger partial charge in [0, 0.05) is 7.11 Å². The first kappa shape index (κ1) is 11.5. The number of aryl methyl sites for hydroxylation is 1. The predicted molar refractivity (Wildman–Crippen MR) is 55.5 cm³/mol. The van der Waals surface area contributed by atoms with Crippen molar-refractivity contribution in [3.63, 3.8) is 0 Å². The molecule has 1 rings (SSSR count). The van der Waals surface area contributed by atoms with Gasteiger partial charge in [0.15, 0.2) is 0 Å². The van der Waals surface area contributed by atoms with Crippen molar-refractivity contribution in [3.05, 3.63) is 29.3 Å².